The molecule has 5 nitrogen and oxygen atoms in total. The van der Waals surface area contributed by atoms with Crippen LogP contribution in [0.3, 0.4) is 0 Å². The van der Waals surface area contributed by atoms with E-state index in [0.29, 0.717) is 5.56 Å². The van der Waals surface area contributed by atoms with Crippen LogP contribution in [0.5, 0.6) is 0 Å². The van der Waals surface area contributed by atoms with Crippen LogP contribution in [0, 0.1) is 5.82 Å². The maximum absolute atomic E-state index is 14.2. The van der Waals surface area contributed by atoms with E-state index < -0.39 is 17.6 Å². The van der Waals surface area contributed by atoms with Crippen LogP contribution in [0.1, 0.15) is 18.4 Å². The number of hydrogen-bond acceptors (Lipinski definition) is 4. The molecule has 0 atom stereocenters. The largest absolute Gasteiger partial charge is 0.372 e. The molecule has 0 radical (unpaired) electrons. The van der Waals surface area contributed by atoms with Gasteiger partial charge in [-0.2, -0.15) is 0 Å². The van der Waals surface area contributed by atoms with Crippen LogP contribution in [0.15, 0.2) is 54.1 Å². The fraction of sp³-hybridized carbons (Fsp3) is 0.190. The Kier molecular flexibility index (Phi) is 4.92. The molecular formula is C21H18FN3O2S. The van der Waals surface area contributed by atoms with Crippen molar-refractivity contribution in [3.05, 3.63) is 65.5 Å². The topological polar surface area (TPSA) is 52.7 Å². The number of benzene rings is 2. The molecule has 0 unspecified atom stereocenters. The first-order valence-electron chi connectivity index (χ1n) is 9.05. The Labute approximate surface area is 167 Å². The summed E-state index contributed by atoms with van der Waals surface area (Å²) in [4.78, 5) is 28.6. The molecule has 2 aromatic rings. The third-order valence-electron chi connectivity index (χ3n) is 4.87. The number of thiocarbonyl (C=S) groups is 1. The lowest BCUT2D eigenvalue weighted by molar-refractivity contribution is -0.122. The Bertz CT molecular complexity index is 981. The summed E-state index contributed by atoms with van der Waals surface area (Å²) >= 11 is 5.09. The Balaban J connectivity index is 1.64. The first-order valence-corrected chi connectivity index (χ1v) is 9.46. The highest BCUT2D eigenvalue weighted by Crippen LogP contribution is 2.25. The standard InChI is InChI=1S/C21H18FN3O2S/c22-17-5-1-2-6-18(17)25-20(27)16(19(26)23-21(25)28)13-14-7-9-15(10-8-14)24-11-3-4-12-24/h1-2,5-10,13H,3-4,11-12H2,(H,23,26,28)/b16-13+. The minimum absolute atomic E-state index is 0.00720. The predicted octanol–water partition coefficient (Wildman–Crippen LogP) is 3.26. The zero-order valence-corrected chi connectivity index (χ0v) is 15.8. The van der Waals surface area contributed by atoms with Crippen molar-refractivity contribution in [2.75, 3.05) is 22.9 Å². The second kappa shape index (κ2) is 7.52. The average molecular weight is 395 g/mol. The Hall–Kier alpha value is -3.06. The smallest absolute Gasteiger partial charge is 0.270 e. The molecule has 0 aliphatic carbocycles. The Morgan fingerprint density at radius 3 is 2.36 bits per heavy atom. The van der Waals surface area contributed by atoms with Crippen molar-refractivity contribution in [2.45, 2.75) is 12.8 Å². The normalized spacial score (nSPS) is 18.8. The predicted molar refractivity (Wildman–Crippen MR) is 110 cm³/mol. The molecule has 0 spiro atoms. The monoisotopic (exact) mass is 395 g/mol. The van der Waals surface area contributed by atoms with Gasteiger partial charge < -0.3 is 4.90 Å². The number of rotatable bonds is 3. The fourth-order valence-corrected chi connectivity index (χ4v) is 3.71. The molecular weight excluding hydrogens is 377 g/mol. The number of carbonyl (C=O) groups excluding carboxylic acids is 2. The summed E-state index contributed by atoms with van der Waals surface area (Å²) in [6.45, 7) is 2.08. The third kappa shape index (κ3) is 3.41. The van der Waals surface area contributed by atoms with Gasteiger partial charge in [0.25, 0.3) is 11.8 Å². The number of hydrogen-bond donors (Lipinski definition) is 1. The van der Waals surface area contributed by atoms with Gasteiger partial charge in [0.05, 0.1) is 5.69 Å². The van der Waals surface area contributed by atoms with Crippen molar-refractivity contribution >= 4 is 46.6 Å². The molecule has 0 bridgehead atoms. The number of amides is 2. The Morgan fingerprint density at radius 1 is 1.00 bits per heavy atom. The summed E-state index contributed by atoms with van der Waals surface area (Å²) in [5, 5.41) is 2.33. The Morgan fingerprint density at radius 2 is 1.68 bits per heavy atom. The lowest BCUT2D eigenvalue weighted by Crippen LogP contribution is -2.54. The summed E-state index contributed by atoms with van der Waals surface area (Å²) in [6, 6.07) is 13.5. The summed E-state index contributed by atoms with van der Waals surface area (Å²) < 4.78 is 14.2. The number of carbonyl (C=O) groups is 2. The number of para-hydroxylation sites is 1. The van der Waals surface area contributed by atoms with Crippen LogP contribution in [0.25, 0.3) is 6.08 Å². The minimum atomic E-state index is -0.650. The van der Waals surface area contributed by atoms with E-state index >= 15 is 0 Å². The summed E-state index contributed by atoms with van der Waals surface area (Å²) in [7, 11) is 0. The van der Waals surface area contributed by atoms with E-state index in [2.05, 4.69) is 10.2 Å². The zero-order valence-electron chi connectivity index (χ0n) is 15.0. The molecule has 2 aromatic carbocycles. The fourth-order valence-electron chi connectivity index (χ4n) is 3.43. The van der Waals surface area contributed by atoms with Gasteiger partial charge in [0, 0.05) is 18.8 Å². The molecule has 1 N–H and O–H groups in total. The van der Waals surface area contributed by atoms with Gasteiger partial charge in [0.1, 0.15) is 11.4 Å². The second-order valence-electron chi connectivity index (χ2n) is 6.69. The van der Waals surface area contributed by atoms with Crippen LogP contribution < -0.4 is 15.1 Å². The second-order valence-corrected chi connectivity index (χ2v) is 7.08. The van der Waals surface area contributed by atoms with Gasteiger partial charge in [-0.15, -0.1) is 0 Å². The van der Waals surface area contributed by atoms with Gasteiger partial charge in [-0.25, -0.2) is 9.29 Å². The molecule has 2 fully saturated rings. The quantitative estimate of drug-likeness (QED) is 0.492. The molecule has 2 amide bonds. The van der Waals surface area contributed by atoms with Crippen LogP contribution in [-0.2, 0) is 9.59 Å². The van der Waals surface area contributed by atoms with Crippen molar-refractivity contribution in [2.24, 2.45) is 0 Å². The molecule has 2 aliphatic rings. The number of nitrogens with zero attached hydrogens (tertiary/aromatic N) is 2. The van der Waals surface area contributed by atoms with Gasteiger partial charge in [0.2, 0.25) is 0 Å². The molecule has 2 saturated heterocycles. The van der Waals surface area contributed by atoms with E-state index in [1.165, 1.54) is 37.1 Å². The van der Waals surface area contributed by atoms with E-state index in [0.717, 1.165) is 23.7 Å². The number of nitrogens with one attached hydrogen (secondary N) is 1. The van der Waals surface area contributed by atoms with E-state index in [9.17, 15) is 14.0 Å². The molecule has 28 heavy (non-hydrogen) atoms. The maximum Gasteiger partial charge on any atom is 0.270 e. The van der Waals surface area contributed by atoms with E-state index in [1.54, 1.807) is 6.07 Å². The molecule has 4 rings (SSSR count). The van der Waals surface area contributed by atoms with Crippen LogP contribution in [-0.4, -0.2) is 30.0 Å². The summed E-state index contributed by atoms with van der Waals surface area (Å²) in [5.41, 5.74) is 1.74. The zero-order chi connectivity index (χ0) is 19.7. The SMILES string of the molecule is O=C1NC(=S)N(c2ccccc2F)C(=O)/C1=C/c1ccc(N2CCCC2)cc1. The van der Waals surface area contributed by atoms with Gasteiger partial charge in [0.15, 0.2) is 5.11 Å². The van der Waals surface area contributed by atoms with Crippen molar-refractivity contribution in [1.29, 1.82) is 0 Å². The lowest BCUT2D eigenvalue weighted by atomic mass is 10.1. The maximum atomic E-state index is 14.2. The van der Waals surface area contributed by atoms with Crippen molar-refractivity contribution in [3.63, 3.8) is 0 Å². The first-order chi connectivity index (χ1) is 13.5. The van der Waals surface area contributed by atoms with Crippen LogP contribution >= 0.6 is 12.2 Å². The van der Waals surface area contributed by atoms with Crippen molar-refractivity contribution in [1.82, 2.24) is 5.32 Å². The first kappa shape index (κ1) is 18.3. The van der Waals surface area contributed by atoms with Gasteiger partial charge in [-0.3, -0.25) is 14.9 Å². The van der Waals surface area contributed by atoms with Crippen molar-refractivity contribution in [3.8, 4) is 0 Å². The number of anilines is 2. The molecule has 2 heterocycles. The summed E-state index contributed by atoms with van der Waals surface area (Å²) in [6.07, 6.45) is 3.87. The number of halogens is 1. The van der Waals surface area contributed by atoms with Crippen molar-refractivity contribution < 1.29 is 14.0 Å². The molecule has 142 valence electrons. The van der Waals surface area contributed by atoms with E-state index in [1.807, 2.05) is 24.3 Å². The minimum Gasteiger partial charge on any atom is -0.372 e. The van der Waals surface area contributed by atoms with Gasteiger partial charge in [-0.1, -0.05) is 24.3 Å². The lowest BCUT2D eigenvalue weighted by Gasteiger charge is -2.29. The van der Waals surface area contributed by atoms with Gasteiger partial charge >= 0.3 is 0 Å². The van der Waals surface area contributed by atoms with Crippen LogP contribution in [0.2, 0.25) is 0 Å². The highest BCUT2D eigenvalue weighted by Gasteiger charge is 2.35. The molecule has 0 saturated carbocycles. The third-order valence-corrected chi connectivity index (χ3v) is 5.15. The summed E-state index contributed by atoms with van der Waals surface area (Å²) in [5.74, 6) is -1.84. The molecule has 7 heteroatoms. The molecule has 2 aliphatic heterocycles. The highest BCUT2D eigenvalue weighted by atomic mass is 32.1. The van der Waals surface area contributed by atoms with Crippen LogP contribution in [0.4, 0.5) is 15.8 Å². The highest BCUT2D eigenvalue weighted by molar-refractivity contribution is 7.80. The van der Waals surface area contributed by atoms with E-state index in [4.69, 9.17) is 12.2 Å². The van der Waals surface area contributed by atoms with Gasteiger partial charge in [-0.05, 0) is 61.0 Å². The molecule has 0 aromatic heterocycles. The average Bonchev–Trinajstić information content (AvgIpc) is 3.22. The van der Waals surface area contributed by atoms with E-state index in [-0.39, 0.29) is 16.4 Å².